The molecule has 2 rings (SSSR count). The highest BCUT2D eigenvalue weighted by Crippen LogP contribution is 2.27. The van der Waals surface area contributed by atoms with E-state index in [1.807, 2.05) is 12.3 Å². The van der Waals surface area contributed by atoms with Gasteiger partial charge >= 0.3 is 0 Å². The van der Waals surface area contributed by atoms with Crippen LogP contribution in [0, 0.1) is 6.92 Å². The molecule has 0 saturated carbocycles. The summed E-state index contributed by atoms with van der Waals surface area (Å²) in [5.41, 5.74) is 2.47. The molecular formula is C15H24N2O. The summed E-state index contributed by atoms with van der Waals surface area (Å²) >= 11 is 0. The van der Waals surface area contributed by atoms with E-state index >= 15 is 0 Å². The lowest BCUT2D eigenvalue weighted by Gasteiger charge is -2.38. The molecule has 1 aliphatic rings. The molecule has 0 amide bonds. The Hall–Kier alpha value is -0.930. The molecular weight excluding hydrogens is 224 g/mol. The molecule has 1 aromatic heterocycles. The fraction of sp³-hybridized carbons (Fsp3) is 0.667. The molecule has 0 aromatic carbocycles. The predicted molar refractivity (Wildman–Crippen MR) is 73.5 cm³/mol. The lowest BCUT2D eigenvalue weighted by molar-refractivity contribution is -0.0781. The van der Waals surface area contributed by atoms with Gasteiger partial charge in [-0.2, -0.15) is 0 Å². The fourth-order valence-corrected chi connectivity index (χ4v) is 2.49. The number of aromatic nitrogens is 1. The van der Waals surface area contributed by atoms with Gasteiger partial charge in [-0.3, -0.25) is 4.98 Å². The highest BCUT2D eigenvalue weighted by Gasteiger charge is 2.31. The number of ether oxygens (including phenoxy) is 1. The Morgan fingerprint density at radius 3 is 3.11 bits per heavy atom. The Balaban J connectivity index is 1.89. The van der Waals surface area contributed by atoms with Crippen molar-refractivity contribution in [3.63, 3.8) is 0 Å². The first kappa shape index (κ1) is 13.5. The quantitative estimate of drug-likeness (QED) is 0.889. The average Bonchev–Trinajstić information content (AvgIpc) is 2.38. The Morgan fingerprint density at radius 2 is 2.39 bits per heavy atom. The zero-order chi connectivity index (χ0) is 13.0. The number of aryl methyl sites for hydroxylation is 1. The summed E-state index contributed by atoms with van der Waals surface area (Å²) in [7, 11) is 0. The van der Waals surface area contributed by atoms with Gasteiger partial charge in [0.2, 0.25) is 0 Å². The van der Waals surface area contributed by atoms with E-state index in [1.54, 1.807) is 0 Å². The smallest absolute Gasteiger partial charge is 0.0666 e. The second kappa shape index (κ2) is 5.81. The summed E-state index contributed by atoms with van der Waals surface area (Å²) in [6, 6.07) is 4.65. The summed E-state index contributed by atoms with van der Waals surface area (Å²) < 4.78 is 5.86. The standard InChI is InChI=1S/C15H24N2O/c1-4-15(3)10-13(7-9-18-15)17-11-14-12(2)6-5-8-16-14/h5-6,8,13,17H,4,7,9-11H2,1-3H3. The van der Waals surface area contributed by atoms with Gasteiger partial charge < -0.3 is 10.1 Å². The molecule has 1 fully saturated rings. The minimum absolute atomic E-state index is 0.0507. The van der Waals surface area contributed by atoms with Crippen LogP contribution in [-0.2, 0) is 11.3 Å². The van der Waals surface area contributed by atoms with E-state index in [1.165, 1.54) is 5.56 Å². The monoisotopic (exact) mass is 248 g/mol. The van der Waals surface area contributed by atoms with Crippen molar-refractivity contribution >= 4 is 0 Å². The molecule has 2 heterocycles. The predicted octanol–water partition coefficient (Wildman–Crippen LogP) is 2.83. The molecule has 0 spiro atoms. The van der Waals surface area contributed by atoms with Crippen molar-refractivity contribution in [3.8, 4) is 0 Å². The van der Waals surface area contributed by atoms with Gasteiger partial charge in [0.15, 0.2) is 0 Å². The van der Waals surface area contributed by atoms with Crippen LogP contribution in [0.25, 0.3) is 0 Å². The molecule has 0 aliphatic carbocycles. The van der Waals surface area contributed by atoms with Crippen LogP contribution in [0.3, 0.4) is 0 Å². The summed E-state index contributed by atoms with van der Waals surface area (Å²) in [5, 5.41) is 3.63. The number of hydrogen-bond donors (Lipinski definition) is 1. The second-order valence-corrected chi connectivity index (χ2v) is 5.49. The molecule has 1 aromatic rings. The van der Waals surface area contributed by atoms with Crippen LogP contribution < -0.4 is 5.32 Å². The van der Waals surface area contributed by atoms with E-state index in [-0.39, 0.29) is 5.60 Å². The number of nitrogens with one attached hydrogen (secondary N) is 1. The molecule has 3 heteroatoms. The first-order chi connectivity index (χ1) is 8.63. The maximum absolute atomic E-state index is 5.86. The van der Waals surface area contributed by atoms with Crippen LogP contribution >= 0.6 is 0 Å². The third kappa shape index (κ3) is 3.30. The summed E-state index contributed by atoms with van der Waals surface area (Å²) in [6.07, 6.45) is 5.13. The van der Waals surface area contributed by atoms with Crippen molar-refractivity contribution in [2.75, 3.05) is 6.61 Å². The van der Waals surface area contributed by atoms with Crippen molar-refractivity contribution < 1.29 is 4.74 Å². The Morgan fingerprint density at radius 1 is 1.56 bits per heavy atom. The molecule has 2 atom stereocenters. The van der Waals surface area contributed by atoms with Crippen LogP contribution in [0.4, 0.5) is 0 Å². The van der Waals surface area contributed by atoms with Crippen molar-refractivity contribution in [2.24, 2.45) is 0 Å². The van der Waals surface area contributed by atoms with Gasteiger partial charge in [-0.1, -0.05) is 13.0 Å². The summed E-state index contributed by atoms with van der Waals surface area (Å²) in [6.45, 7) is 8.25. The van der Waals surface area contributed by atoms with Crippen LogP contribution in [0.5, 0.6) is 0 Å². The van der Waals surface area contributed by atoms with Crippen LogP contribution in [0.15, 0.2) is 18.3 Å². The molecule has 18 heavy (non-hydrogen) atoms. The van der Waals surface area contributed by atoms with E-state index in [0.29, 0.717) is 6.04 Å². The third-order valence-corrected chi connectivity index (χ3v) is 4.02. The van der Waals surface area contributed by atoms with E-state index in [0.717, 1.165) is 38.1 Å². The highest BCUT2D eigenvalue weighted by atomic mass is 16.5. The van der Waals surface area contributed by atoms with E-state index in [9.17, 15) is 0 Å². The largest absolute Gasteiger partial charge is 0.375 e. The van der Waals surface area contributed by atoms with Gasteiger partial charge in [-0.15, -0.1) is 0 Å². The van der Waals surface area contributed by atoms with Crippen LogP contribution in [0.1, 0.15) is 44.4 Å². The third-order valence-electron chi connectivity index (χ3n) is 4.02. The van der Waals surface area contributed by atoms with Crippen molar-refractivity contribution in [1.29, 1.82) is 0 Å². The van der Waals surface area contributed by atoms with Gasteiger partial charge in [0.1, 0.15) is 0 Å². The molecule has 3 nitrogen and oxygen atoms in total. The minimum Gasteiger partial charge on any atom is -0.375 e. The first-order valence-corrected chi connectivity index (χ1v) is 6.91. The number of rotatable bonds is 4. The number of hydrogen-bond acceptors (Lipinski definition) is 3. The summed E-state index contributed by atoms with van der Waals surface area (Å²) in [5.74, 6) is 0. The lowest BCUT2D eigenvalue weighted by atomic mass is 9.90. The molecule has 1 saturated heterocycles. The Labute approximate surface area is 110 Å². The van der Waals surface area contributed by atoms with E-state index in [2.05, 4.69) is 37.1 Å². The molecule has 1 aliphatic heterocycles. The average molecular weight is 248 g/mol. The van der Waals surface area contributed by atoms with E-state index in [4.69, 9.17) is 4.74 Å². The fourth-order valence-electron chi connectivity index (χ4n) is 2.49. The molecule has 0 bridgehead atoms. The molecule has 100 valence electrons. The summed E-state index contributed by atoms with van der Waals surface area (Å²) in [4.78, 5) is 4.43. The Kier molecular flexibility index (Phi) is 4.36. The number of pyridine rings is 1. The zero-order valence-corrected chi connectivity index (χ0v) is 11.7. The second-order valence-electron chi connectivity index (χ2n) is 5.49. The zero-order valence-electron chi connectivity index (χ0n) is 11.7. The maximum atomic E-state index is 5.86. The minimum atomic E-state index is 0.0507. The number of nitrogens with zero attached hydrogens (tertiary/aromatic N) is 1. The first-order valence-electron chi connectivity index (χ1n) is 6.91. The molecule has 1 N–H and O–H groups in total. The van der Waals surface area contributed by atoms with E-state index < -0.39 is 0 Å². The molecule has 0 radical (unpaired) electrons. The topological polar surface area (TPSA) is 34.2 Å². The van der Waals surface area contributed by atoms with Crippen molar-refractivity contribution in [1.82, 2.24) is 10.3 Å². The molecule has 2 unspecified atom stereocenters. The van der Waals surface area contributed by atoms with Crippen LogP contribution in [0.2, 0.25) is 0 Å². The normalized spacial score (nSPS) is 28.3. The van der Waals surface area contributed by atoms with Gasteiger partial charge in [0.05, 0.1) is 11.3 Å². The maximum Gasteiger partial charge on any atom is 0.0666 e. The SMILES string of the molecule is CCC1(C)CC(NCc2ncccc2C)CCO1. The van der Waals surface area contributed by atoms with Gasteiger partial charge in [0, 0.05) is 25.4 Å². The van der Waals surface area contributed by atoms with Gasteiger partial charge in [0.25, 0.3) is 0 Å². The van der Waals surface area contributed by atoms with Crippen LogP contribution in [-0.4, -0.2) is 23.2 Å². The van der Waals surface area contributed by atoms with Crippen molar-refractivity contribution in [3.05, 3.63) is 29.6 Å². The Bertz CT molecular complexity index is 394. The van der Waals surface area contributed by atoms with Crippen molar-refractivity contribution in [2.45, 2.75) is 58.2 Å². The van der Waals surface area contributed by atoms with Gasteiger partial charge in [-0.25, -0.2) is 0 Å². The highest BCUT2D eigenvalue weighted by molar-refractivity contribution is 5.17. The lowest BCUT2D eigenvalue weighted by Crippen LogP contribution is -2.44. The van der Waals surface area contributed by atoms with Gasteiger partial charge in [-0.05, 0) is 44.7 Å².